The van der Waals surface area contributed by atoms with Crippen LogP contribution in [-0.2, 0) is 24.1 Å². The van der Waals surface area contributed by atoms with Crippen molar-refractivity contribution in [1.29, 1.82) is 0 Å². The first-order valence-corrected chi connectivity index (χ1v) is 10.5. The number of ether oxygens (including phenoxy) is 1. The number of benzene rings is 2. The van der Waals surface area contributed by atoms with Gasteiger partial charge in [-0.15, -0.1) is 0 Å². The molecule has 2 aromatic heterocycles. The van der Waals surface area contributed by atoms with Crippen molar-refractivity contribution >= 4 is 22.7 Å². The average Bonchev–Trinajstić information content (AvgIpc) is 3.27. The van der Waals surface area contributed by atoms with Crippen LogP contribution in [0.4, 0.5) is 5.82 Å². The van der Waals surface area contributed by atoms with Crippen molar-refractivity contribution in [3.8, 4) is 5.95 Å². The van der Waals surface area contributed by atoms with Gasteiger partial charge in [-0.25, -0.2) is 9.78 Å². The topological polar surface area (TPSA) is 81.9 Å². The summed E-state index contributed by atoms with van der Waals surface area (Å²) in [5.41, 5.74) is 4.70. The fraction of sp³-hybridized carbons (Fsp3) is 0.250. The molecule has 1 aliphatic carbocycles. The summed E-state index contributed by atoms with van der Waals surface area (Å²) in [4.78, 5) is 21.8. The number of carbonyl (C=O) groups excluding carboxylic acids is 1. The number of esters is 1. The van der Waals surface area contributed by atoms with Gasteiger partial charge >= 0.3 is 5.97 Å². The molecule has 0 saturated heterocycles. The molecule has 1 aliphatic rings. The SMILES string of the molecule is COC(=O)c1cccc2c1cnn2-c1nc2c(c(NCc3ccccc3)n1)CCCC2. The number of aryl methyl sites for hydroxylation is 1. The van der Waals surface area contributed by atoms with Crippen LogP contribution >= 0.6 is 0 Å². The Kier molecular flexibility index (Phi) is 5.08. The Bertz CT molecular complexity index is 1250. The summed E-state index contributed by atoms with van der Waals surface area (Å²) in [6.07, 6.45) is 5.83. The first kappa shape index (κ1) is 19.2. The average molecular weight is 413 g/mol. The van der Waals surface area contributed by atoms with E-state index in [1.807, 2.05) is 30.3 Å². The minimum Gasteiger partial charge on any atom is -0.465 e. The molecule has 1 N–H and O–H groups in total. The molecule has 0 fully saturated rings. The number of carbonyl (C=O) groups is 1. The van der Waals surface area contributed by atoms with Crippen LogP contribution in [0.3, 0.4) is 0 Å². The normalized spacial score (nSPS) is 13.1. The maximum atomic E-state index is 12.1. The molecular formula is C24H23N5O2. The third-order valence-electron chi connectivity index (χ3n) is 5.68. The smallest absolute Gasteiger partial charge is 0.338 e. The van der Waals surface area contributed by atoms with Crippen molar-refractivity contribution in [1.82, 2.24) is 19.7 Å². The van der Waals surface area contributed by atoms with Crippen molar-refractivity contribution in [3.63, 3.8) is 0 Å². The van der Waals surface area contributed by atoms with Crippen LogP contribution in [0.5, 0.6) is 0 Å². The van der Waals surface area contributed by atoms with Crippen LogP contribution in [0.1, 0.15) is 40.0 Å². The maximum Gasteiger partial charge on any atom is 0.338 e. The predicted molar refractivity (Wildman–Crippen MR) is 118 cm³/mol. The predicted octanol–water partition coefficient (Wildman–Crippen LogP) is 4.09. The lowest BCUT2D eigenvalue weighted by Crippen LogP contribution is -2.16. The van der Waals surface area contributed by atoms with Crippen LogP contribution < -0.4 is 5.32 Å². The standard InChI is InChI=1S/C24H23N5O2/c1-31-23(30)17-11-7-13-21-19(17)15-26-29(21)24-27-20-12-6-5-10-18(20)22(28-24)25-14-16-8-3-2-4-9-16/h2-4,7-9,11,13,15H,5-6,10,12,14H2,1H3,(H,25,27,28). The molecule has 0 saturated carbocycles. The molecule has 4 aromatic rings. The fourth-order valence-corrected chi connectivity index (χ4v) is 4.10. The summed E-state index contributed by atoms with van der Waals surface area (Å²) >= 11 is 0. The zero-order chi connectivity index (χ0) is 21.2. The number of rotatable bonds is 5. The third kappa shape index (κ3) is 3.63. The highest BCUT2D eigenvalue weighted by molar-refractivity contribution is 6.03. The van der Waals surface area contributed by atoms with Crippen LogP contribution in [0.25, 0.3) is 16.9 Å². The highest BCUT2D eigenvalue weighted by Gasteiger charge is 2.21. The van der Waals surface area contributed by atoms with E-state index in [1.54, 1.807) is 16.9 Å². The molecule has 0 aliphatic heterocycles. The van der Waals surface area contributed by atoms with Gasteiger partial charge in [0.05, 0.1) is 30.1 Å². The minimum absolute atomic E-state index is 0.387. The monoisotopic (exact) mass is 413 g/mol. The molecule has 0 spiro atoms. The molecule has 7 heteroatoms. The molecule has 2 aromatic carbocycles. The van der Waals surface area contributed by atoms with E-state index in [-0.39, 0.29) is 5.97 Å². The quantitative estimate of drug-likeness (QED) is 0.496. The molecule has 31 heavy (non-hydrogen) atoms. The van der Waals surface area contributed by atoms with E-state index in [2.05, 4.69) is 22.5 Å². The zero-order valence-corrected chi connectivity index (χ0v) is 17.3. The lowest BCUT2D eigenvalue weighted by molar-refractivity contribution is 0.0603. The molecule has 0 radical (unpaired) electrons. The Morgan fingerprint density at radius 3 is 2.74 bits per heavy atom. The van der Waals surface area contributed by atoms with Crippen molar-refractivity contribution in [2.75, 3.05) is 12.4 Å². The Balaban J connectivity index is 1.57. The molecule has 5 rings (SSSR count). The second kappa shape index (κ2) is 8.18. The Labute approximate surface area is 180 Å². The number of methoxy groups -OCH3 is 1. The van der Waals surface area contributed by atoms with Gasteiger partial charge in [-0.2, -0.15) is 14.8 Å². The molecule has 0 amide bonds. The number of hydrogen-bond acceptors (Lipinski definition) is 6. The van der Waals surface area contributed by atoms with Gasteiger partial charge in [-0.05, 0) is 43.4 Å². The summed E-state index contributed by atoms with van der Waals surface area (Å²) in [5, 5.41) is 8.74. The van der Waals surface area contributed by atoms with E-state index < -0.39 is 0 Å². The van der Waals surface area contributed by atoms with Gasteiger partial charge in [0, 0.05) is 17.5 Å². The van der Waals surface area contributed by atoms with Gasteiger partial charge in [0.1, 0.15) is 5.82 Å². The minimum atomic E-state index is -0.387. The van der Waals surface area contributed by atoms with E-state index in [4.69, 9.17) is 14.7 Å². The Morgan fingerprint density at radius 1 is 1.06 bits per heavy atom. The summed E-state index contributed by atoms with van der Waals surface area (Å²) < 4.78 is 6.61. The number of nitrogens with zero attached hydrogens (tertiary/aromatic N) is 4. The van der Waals surface area contributed by atoms with Gasteiger partial charge in [-0.3, -0.25) is 0 Å². The lowest BCUT2D eigenvalue weighted by Gasteiger charge is -2.20. The molecule has 0 unspecified atom stereocenters. The highest BCUT2D eigenvalue weighted by Crippen LogP contribution is 2.28. The number of nitrogens with one attached hydrogen (secondary N) is 1. The molecular weight excluding hydrogens is 390 g/mol. The molecule has 0 bridgehead atoms. The maximum absolute atomic E-state index is 12.1. The van der Waals surface area contributed by atoms with Gasteiger partial charge < -0.3 is 10.1 Å². The van der Waals surface area contributed by atoms with Crippen molar-refractivity contribution in [2.24, 2.45) is 0 Å². The van der Waals surface area contributed by atoms with E-state index in [0.717, 1.165) is 48.1 Å². The van der Waals surface area contributed by atoms with E-state index in [1.165, 1.54) is 18.2 Å². The van der Waals surface area contributed by atoms with Crippen LogP contribution in [0, 0.1) is 0 Å². The lowest BCUT2D eigenvalue weighted by atomic mass is 9.96. The van der Waals surface area contributed by atoms with E-state index in [0.29, 0.717) is 18.1 Å². The van der Waals surface area contributed by atoms with Gasteiger partial charge in [0.2, 0.25) is 0 Å². The number of hydrogen-bond donors (Lipinski definition) is 1. The van der Waals surface area contributed by atoms with Crippen molar-refractivity contribution < 1.29 is 9.53 Å². The van der Waals surface area contributed by atoms with Crippen molar-refractivity contribution in [2.45, 2.75) is 32.2 Å². The third-order valence-corrected chi connectivity index (χ3v) is 5.68. The Morgan fingerprint density at radius 2 is 1.90 bits per heavy atom. The molecule has 7 nitrogen and oxygen atoms in total. The van der Waals surface area contributed by atoms with E-state index in [9.17, 15) is 4.79 Å². The first-order valence-electron chi connectivity index (χ1n) is 10.5. The van der Waals surface area contributed by atoms with Crippen molar-refractivity contribution in [3.05, 3.63) is 77.1 Å². The first-order chi connectivity index (χ1) is 15.2. The van der Waals surface area contributed by atoms with Crippen LogP contribution in [-0.4, -0.2) is 32.8 Å². The fourth-order valence-electron chi connectivity index (χ4n) is 4.10. The van der Waals surface area contributed by atoms with Gasteiger partial charge in [0.15, 0.2) is 0 Å². The summed E-state index contributed by atoms with van der Waals surface area (Å²) in [6, 6.07) is 15.7. The zero-order valence-electron chi connectivity index (χ0n) is 17.3. The summed E-state index contributed by atoms with van der Waals surface area (Å²) in [7, 11) is 1.38. The summed E-state index contributed by atoms with van der Waals surface area (Å²) in [6.45, 7) is 0.691. The van der Waals surface area contributed by atoms with Crippen LogP contribution in [0.15, 0.2) is 54.7 Å². The molecule has 156 valence electrons. The number of aromatic nitrogens is 4. The second-order valence-corrected chi connectivity index (χ2v) is 7.63. The summed E-state index contributed by atoms with van der Waals surface area (Å²) in [5.74, 6) is 0.978. The second-order valence-electron chi connectivity index (χ2n) is 7.63. The molecule has 0 atom stereocenters. The highest BCUT2D eigenvalue weighted by atomic mass is 16.5. The molecule has 2 heterocycles. The van der Waals surface area contributed by atoms with Gasteiger partial charge in [0.25, 0.3) is 5.95 Å². The van der Waals surface area contributed by atoms with E-state index >= 15 is 0 Å². The van der Waals surface area contributed by atoms with Gasteiger partial charge in [-0.1, -0.05) is 36.4 Å². The largest absolute Gasteiger partial charge is 0.465 e. The Hall–Kier alpha value is -3.74. The number of fused-ring (bicyclic) bond motifs is 2. The van der Waals surface area contributed by atoms with Crippen LogP contribution in [0.2, 0.25) is 0 Å². The number of anilines is 1.